The van der Waals surface area contributed by atoms with Crippen LogP contribution < -0.4 is 10.6 Å². The van der Waals surface area contributed by atoms with Gasteiger partial charge in [0, 0.05) is 26.4 Å². The average Bonchev–Trinajstić information content (AvgIpc) is 3.11. The molecule has 0 spiro atoms. The minimum atomic E-state index is -0.271. The van der Waals surface area contributed by atoms with Gasteiger partial charge in [-0.2, -0.15) is 0 Å². The number of anilines is 2. The Labute approximate surface area is 169 Å². The smallest absolute Gasteiger partial charge is 0.257 e. The highest BCUT2D eigenvalue weighted by atomic mass is 35.5. The predicted octanol–water partition coefficient (Wildman–Crippen LogP) is 5.15. The highest BCUT2D eigenvalue weighted by Crippen LogP contribution is 2.36. The summed E-state index contributed by atoms with van der Waals surface area (Å²) in [5.74, 6) is -0.328. The topological polar surface area (TPSA) is 71.1 Å². The number of carbonyl (C=O) groups is 2. The number of benzene rings is 2. The van der Waals surface area contributed by atoms with E-state index in [1.807, 2.05) is 30.5 Å². The van der Waals surface area contributed by atoms with E-state index in [1.54, 1.807) is 24.3 Å². The number of thioether (sulfide) groups is 1. The molecule has 2 N–H and O–H groups in total. The van der Waals surface area contributed by atoms with E-state index >= 15 is 0 Å². The summed E-state index contributed by atoms with van der Waals surface area (Å²) in [5.41, 5.74) is 2.83. The first-order valence-electron chi connectivity index (χ1n) is 8.14. The van der Waals surface area contributed by atoms with Gasteiger partial charge in [-0.1, -0.05) is 23.7 Å². The Morgan fingerprint density at radius 3 is 2.78 bits per heavy atom. The van der Waals surface area contributed by atoms with E-state index in [2.05, 4.69) is 15.6 Å². The summed E-state index contributed by atoms with van der Waals surface area (Å²) in [6.07, 6.45) is 0. The van der Waals surface area contributed by atoms with Crippen LogP contribution in [0.15, 0.2) is 52.7 Å². The number of amides is 2. The standard InChI is InChI=1S/C19H14ClN3O2S2/c1-10-17(24)21-14-8-12(4-7-16(14)27-10)18(25)23-19-22-15(9-26-19)11-2-5-13(20)6-3-11/h2-10H,1H3,(H,21,24)(H,22,23,25)/t10-/m0/s1. The summed E-state index contributed by atoms with van der Waals surface area (Å²) in [6, 6.07) is 12.7. The van der Waals surface area contributed by atoms with E-state index in [-0.39, 0.29) is 17.1 Å². The van der Waals surface area contributed by atoms with Crippen LogP contribution in [0.5, 0.6) is 0 Å². The van der Waals surface area contributed by atoms with E-state index < -0.39 is 0 Å². The minimum Gasteiger partial charge on any atom is -0.324 e. The van der Waals surface area contributed by atoms with Crippen LogP contribution in [-0.2, 0) is 4.79 Å². The van der Waals surface area contributed by atoms with Gasteiger partial charge in [-0.25, -0.2) is 4.98 Å². The van der Waals surface area contributed by atoms with Crippen molar-refractivity contribution < 1.29 is 9.59 Å². The lowest BCUT2D eigenvalue weighted by Gasteiger charge is -2.21. The molecule has 0 bridgehead atoms. The first-order chi connectivity index (χ1) is 13.0. The Balaban J connectivity index is 1.51. The molecule has 8 heteroatoms. The van der Waals surface area contributed by atoms with Crippen molar-refractivity contribution in [1.82, 2.24) is 4.98 Å². The zero-order valence-electron chi connectivity index (χ0n) is 14.2. The van der Waals surface area contributed by atoms with Crippen molar-refractivity contribution in [2.24, 2.45) is 0 Å². The van der Waals surface area contributed by atoms with Crippen molar-refractivity contribution in [1.29, 1.82) is 0 Å². The van der Waals surface area contributed by atoms with Crippen LogP contribution in [0.3, 0.4) is 0 Å². The van der Waals surface area contributed by atoms with Gasteiger partial charge < -0.3 is 5.32 Å². The number of hydrogen-bond donors (Lipinski definition) is 2. The lowest BCUT2D eigenvalue weighted by Crippen LogP contribution is -2.26. The van der Waals surface area contributed by atoms with Gasteiger partial charge in [0.1, 0.15) is 0 Å². The normalized spacial score (nSPS) is 15.8. The molecule has 0 saturated heterocycles. The van der Waals surface area contributed by atoms with Crippen molar-refractivity contribution in [2.75, 3.05) is 10.6 Å². The number of hydrogen-bond acceptors (Lipinski definition) is 5. The molecule has 2 amide bonds. The van der Waals surface area contributed by atoms with Gasteiger partial charge >= 0.3 is 0 Å². The summed E-state index contributed by atoms with van der Waals surface area (Å²) in [7, 11) is 0. The van der Waals surface area contributed by atoms with Gasteiger partial charge in [0.15, 0.2) is 5.13 Å². The van der Waals surface area contributed by atoms with Crippen LogP contribution in [0, 0.1) is 0 Å². The second-order valence-corrected chi connectivity index (χ2v) is 8.64. The van der Waals surface area contributed by atoms with Crippen LogP contribution in [-0.4, -0.2) is 22.0 Å². The van der Waals surface area contributed by atoms with E-state index in [1.165, 1.54) is 23.1 Å². The Hall–Kier alpha value is -2.35. The van der Waals surface area contributed by atoms with Crippen molar-refractivity contribution >= 4 is 57.3 Å². The number of nitrogens with one attached hydrogen (secondary N) is 2. The minimum absolute atomic E-state index is 0.0578. The maximum Gasteiger partial charge on any atom is 0.257 e. The molecular formula is C19H14ClN3O2S2. The fraction of sp³-hybridized carbons (Fsp3) is 0.105. The molecule has 5 nitrogen and oxygen atoms in total. The Kier molecular flexibility index (Phi) is 4.90. The summed E-state index contributed by atoms with van der Waals surface area (Å²) in [6.45, 7) is 1.85. The van der Waals surface area contributed by atoms with Gasteiger partial charge in [-0.3, -0.25) is 14.9 Å². The molecule has 0 aliphatic carbocycles. The maximum atomic E-state index is 12.6. The highest BCUT2D eigenvalue weighted by Gasteiger charge is 2.24. The molecule has 1 aliphatic rings. The Morgan fingerprint density at radius 2 is 2.00 bits per heavy atom. The molecule has 0 radical (unpaired) electrons. The molecule has 0 unspecified atom stereocenters. The molecule has 1 aromatic heterocycles. The van der Waals surface area contributed by atoms with Gasteiger partial charge in [0.2, 0.25) is 5.91 Å². The van der Waals surface area contributed by atoms with E-state index in [9.17, 15) is 9.59 Å². The number of halogens is 1. The summed E-state index contributed by atoms with van der Waals surface area (Å²) in [5, 5.41) is 8.55. The zero-order chi connectivity index (χ0) is 19.0. The molecule has 2 aromatic carbocycles. The molecule has 27 heavy (non-hydrogen) atoms. The average molecular weight is 416 g/mol. The third-order valence-corrected chi connectivity index (χ3v) is 6.22. The zero-order valence-corrected chi connectivity index (χ0v) is 16.5. The number of carbonyl (C=O) groups excluding carboxylic acids is 2. The van der Waals surface area contributed by atoms with Crippen LogP contribution in [0.2, 0.25) is 5.02 Å². The molecule has 136 valence electrons. The van der Waals surface area contributed by atoms with Gasteiger partial charge in [-0.15, -0.1) is 23.1 Å². The predicted molar refractivity (Wildman–Crippen MR) is 111 cm³/mol. The van der Waals surface area contributed by atoms with Crippen molar-refractivity contribution in [3.05, 3.63) is 58.4 Å². The van der Waals surface area contributed by atoms with Crippen molar-refractivity contribution in [2.45, 2.75) is 17.1 Å². The fourth-order valence-electron chi connectivity index (χ4n) is 2.60. The maximum absolute atomic E-state index is 12.6. The molecule has 1 aliphatic heterocycles. The molecule has 4 rings (SSSR count). The third kappa shape index (κ3) is 3.85. The Morgan fingerprint density at radius 1 is 1.22 bits per heavy atom. The third-order valence-electron chi connectivity index (χ3n) is 4.04. The monoisotopic (exact) mass is 415 g/mol. The number of fused-ring (bicyclic) bond motifs is 1. The fourth-order valence-corrected chi connectivity index (χ4v) is 4.37. The van der Waals surface area contributed by atoms with Crippen LogP contribution in [0.1, 0.15) is 17.3 Å². The van der Waals surface area contributed by atoms with Crippen molar-refractivity contribution in [3.63, 3.8) is 0 Å². The molecular weight excluding hydrogens is 402 g/mol. The van der Waals surface area contributed by atoms with Crippen LogP contribution in [0.25, 0.3) is 11.3 Å². The molecule has 3 aromatic rings. The van der Waals surface area contributed by atoms with E-state index in [4.69, 9.17) is 11.6 Å². The van der Waals surface area contributed by atoms with E-state index in [0.29, 0.717) is 21.4 Å². The number of thiazole rings is 1. The van der Waals surface area contributed by atoms with Crippen LogP contribution >= 0.6 is 34.7 Å². The number of rotatable bonds is 3. The SMILES string of the molecule is C[C@@H]1Sc2ccc(C(=O)Nc3nc(-c4ccc(Cl)cc4)cs3)cc2NC1=O. The molecule has 0 saturated carbocycles. The quantitative estimate of drug-likeness (QED) is 0.620. The van der Waals surface area contributed by atoms with Crippen LogP contribution in [0.4, 0.5) is 10.8 Å². The molecule has 2 heterocycles. The number of nitrogens with zero attached hydrogens (tertiary/aromatic N) is 1. The summed E-state index contributed by atoms with van der Waals surface area (Å²) < 4.78 is 0. The van der Waals surface area contributed by atoms with Gasteiger partial charge in [0.25, 0.3) is 5.91 Å². The Bertz CT molecular complexity index is 1030. The van der Waals surface area contributed by atoms with Crippen molar-refractivity contribution in [3.8, 4) is 11.3 Å². The number of aromatic nitrogens is 1. The molecule has 1 atom stereocenters. The van der Waals surface area contributed by atoms with Gasteiger partial charge in [0.05, 0.1) is 16.6 Å². The highest BCUT2D eigenvalue weighted by molar-refractivity contribution is 8.00. The molecule has 0 fully saturated rings. The largest absolute Gasteiger partial charge is 0.324 e. The first kappa shape index (κ1) is 18.0. The van der Waals surface area contributed by atoms with Gasteiger partial charge in [-0.05, 0) is 37.3 Å². The second-order valence-electron chi connectivity index (χ2n) is 5.96. The summed E-state index contributed by atoms with van der Waals surface area (Å²) in [4.78, 5) is 29.8. The lowest BCUT2D eigenvalue weighted by atomic mass is 10.2. The first-order valence-corrected chi connectivity index (χ1v) is 10.3. The lowest BCUT2D eigenvalue weighted by molar-refractivity contribution is -0.115. The second kappa shape index (κ2) is 7.34. The van der Waals surface area contributed by atoms with E-state index in [0.717, 1.165) is 16.2 Å². The summed E-state index contributed by atoms with van der Waals surface area (Å²) >= 11 is 8.74.